The van der Waals surface area contributed by atoms with Crippen molar-refractivity contribution in [2.75, 3.05) is 0 Å². The van der Waals surface area contributed by atoms with E-state index in [0.717, 1.165) is 24.7 Å². The number of hydrogen-bond acceptors (Lipinski definition) is 1. The molecular weight excluding hydrogens is 342 g/mol. The van der Waals surface area contributed by atoms with Gasteiger partial charge in [0, 0.05) is 0 Å². The second kappa shape index (κ2) is 4.96. The molecule has 0 bridgehead atoms. The number of fused-ring (bicyclic) bond motifs is 1. The summed E-state index contributed by atoms with van der Waals surface area (Å²) in [5.41, 5.74) is 3.93. The van der Waals surface area contributed by atoms with Gasteiger partial charge in [0.1, 0.15) is 0 Å². The molecule has 1 nitrogen and oxygen atoms in total. The molecule has 0 amide bonds. The normalized spacial score (nSPS) is 23.3. The van der Waals surface area contributed by atoms with E-state index in [1.54, 1.807) is 0 Å². The van der Waals surface area contributed by atoms with Gasteiger partial charge in [0.25, 0.3) is 0 Å². The Bertz CT molecular complexity index is 502. The summed E-state index contributed by atoms with van der Waals surface area (Å²) in [5, 5.41) is 0. The molecule has 86 valence electrons. The summed E-state index contributed by atoms with van der Waals surface area (Å²) in [6.45, 7) is 0. The molecule has 1 aliphatic carbocycles. The predicted molar refractivity (Wildman–Crippen MR) is 71.1 cm³/mol. The van der Waals surface area contributed by atoms with E-state index in [-0.39, 0.29) is 0 Å². The van der Waals surface area contributed by atoms with E-state index in [1.807, 2.05) is 0 Å². The molecule has 0 spiro atoms. The summed E-state index contributed by atoms with van der Waals surface area (Å²) in [6.07, 6.45) is 3.18. The quantitative estimate of drug-likeness (QED) is 0.588. The van der Waals surface area contributed by atoms with E-state index >= 15 is 0 Å². The number of benzene rings is 1. The third kappa shape index (κ3) is 2.21. The van der Waals surface area contributed by atoms with Crippen LogP contribution in [0.15, 0.2) is 50.9 Å². The van der Waals surface area contributed by atoms with Crippen molar-refractivity contribution in [3.63, 3.8) is 0 Å². The van der Waals surface area contributed by atoms with E-state index in [1.165, 1.54) is 15.6 Å². The summed E-state index contributed by atoms with van der Waals surface area (Å²) < 4.78 is 1.43. The first-order chi connectivity index (χ1) is 8.38. The number of aldehydes is 1. The monoisotopic (exact) mass is 356 g/mol. The van der Waals surface area contributed by atoms with Gasteiger partial charge in [-0.2, -0.15) is 0 Å². The molecule has 0 radical (unpaired) electrons. The molecule has 0 saturated heterocycles. The first-order valence-electron chi connectivity index (χ1n) is 5.64. The summed E-state index contributed by atoms with van der Waals surface area (Å²) in [7, 11) is 0. The van der Waals surface area contributed by atoms with Crippen molar-refractivity contribution in [3.05, 3.63) is 56.5 Å². The average Bonchev–Trinajstić information content (AvgIpc) is 2.86. The number of allylic oxidation sites excluding steroid dienone is 3. The predicted octanol–water partition coefficient (Wildman–Crippen LogP) is 2.24. The first kappa shape index (κ1) is 11.5. The third-order valence-electron chi connectivity index (χ3n) is 3.25. The van der Waals surface area contributed by atoms with Crippen molar-refractivity contribution < 1.29 is 4.79 Å². The first-order valence-corrected chi connectivity index (χ1v) is 11.8. The van der Waals surface area contributed by atoms with Gasteiger partial charge < -0.3 is 0 Å². The van der Waals surface area contributed by atoms with Crippen molar-refractivity contribution in [1.29, 1.82) is 0 Å². The fourth-order valence-electron chi connectivity index (χ4n) is 2.40. The van der Waals surface area contributed by atoms with Crippen LogP contribution in [-0.4, -0.2) is 32.5 Å². The summed E-state index contributed by atoms with van der Waals surface area (Å²) in [6, 6.07) is 10.6. The molecule has 0 N–H and O–H groups in total. The van der Waals surface area contributed by atoms with Gasteiger partial charge in [0.05, 0.1) is 0 Å². The molecule has 3 rings (SSSR count). The van der Waals surface area contributed by atoms with Gasteiger partial charge in [-0.1, -0.05) is 0 Å². The maximum atomic E-state index is 11.2. The molecule has 1 aliphatic heterocycles. The SMILES string of the molecule is O=CC1=C2[Se][Se]C=C2C[C@H](c2ccccc2)C1. The van der Waals surface area contributed by atoms with Crippen LogP contribution in [-0.2, 0) is 4.79 Å². The van der Waals surface area contributed by atoms with Crippen LogP contribution in [0.3, 0.4) is 0 Å². The minimum atomic E-state index is 0.510. The molecule has 0 fully saturated rings. The van der Waals surface area contributed by atoms with Crippen molar-refractivity contribution in [3.8, 4) is 0 Å². The Kier molecular flexibility index (Phi) is 3.35. The second-order valence-electron chi connectivity index (χ2n) is 4.31. The Labute approximate surface area is 112 Å². The molecular formula is C14H12OSe2. The summed E-state index contributed by atoms with van der Waals surface area (Å²) in [4.78, 5) is 13.6. The van der Waals surface area contributed by atoms with E-state index in [2.05, 4.69) is 35.3 Å². The summed E-state index contributed by atoms with van der Waals surface area (Å²) in [5.74, 6) is 0.510. The molecule has 17 heavy (non-hydrogen) atoms. The molecule has 0 aromatic heterocycles. The Morgan fingerprint density at radius 1 is 1.18 bits per heavy atom. The van der Waals surface area contributed by atoms with E-state index in [0.29, 0.717) is 32.2 Å². The van der Waals surface area contributed by atoms with Gasteiger partial charge in [-0.3, -0.25) is 0 Å². The Morgan fingerprint density at radius 3 is 2.76 bits per heavy atom. The maximum absolute atomic E-state index is 11.2. The number of hydrogen-bond donors (Lipinski definition) is 0. The zero-order chi connectivity index (χ0) is 11.7. The van der Waals surface area contributed by atoms with Crippen LogP contribution in [0, 0.1) is 0 Å². The molecule has 1 aromatic rings. The standard InChI is InChI=1S/C14H12OSe2/c15-8-12-6-11(10-4-2-1-3-5-10)7-13-9-16-17-14(12)13/h1-5,8-9,11H,6-7H2/t11-/m1/s1. The Balaban J connectivity index is 1.95. The third-order valence-corrected chi connectivity index (χ3v) is 9.62. The fraction of sp³-hybridized carbons (Fsp3) is 0.214. The molecule has 3 heteroatoms. The molecule has 0 saturated carbocycles. The van der Waals surface area contributed by atoms with Crippen LogP contribution in [0.25, 0.3) is 0 Å². The van der Waals surface area contributed by atoms with Crippen LogP contribution in [0.4, 0.5) is 0 Å². The van der Waals surface area contributed by atoms with Crippen molar-refractivity contribution in [2.45, 2.75) is 18.8 Å². The molecule has 1 atom stereocenters. The van der Waals surface area contributed by atoms with Gasteiger partial charge in [-0.05, 0) is 0 Å². The van der Waals surface area contributed by atoms with E-state index in [4.69, 9.17) is 0 Å². The van der Waals surface area contributed by atoms with Gasteiger partial charge in [0.2, 0.25) is 0 Å². The van der Waals surface area contributed by atoms with Crippen LogP contribution >= 0.6 is 0 Å². The zero-order valence-corrected chi connectivity index (χ0v) is 12.7. The molecule has 0 unspecified atom stereocenters. The van der Waals surface area contributed by atoms with Crippen molar-refractivity contribution >= 4 is 32.5 Å². The Hall–Kier alpha value is -0.591. The minimum absolute atomic E-state index is 0.510. The van der Waals surface area contributed by atoms with Crippen LogP contribution in [0.1, 0.15) is 24.3 Å². The molecule has 1 heterocycles. The zero-order valence-electron chi connectivity index (χ0n) is 9.26. The van der Waals surface area contributed by atoms with Crippen LogP contribution in [0.5, 0.6) is 0 Å². The van der Waals surface area contributed by atoms with Gasteiger partial charge in [0.15, 0.2) is 0 Å². The Morgan fingerprint density at radius 2 is 2.00 bits per heavy atom. The number of carbonyl (C=O) groups excluding carboxylic acids is 1. The topological polar surface area (TPSA) is 17.1 Å². The van der Waals surface area contributed by atoms with E-state index in [9.17, 15) is 4.79 Å². The molecule has 1 aromatic carbocycles. The number of rotatable bonds is 2. The van der Waals surface area contributed by atoms with Crippen molar-refractivity contribution in [2.24, 2.45) is 0 Å². The van der Waals surface area contributed by atoms with Crippen LogP contribution < -0.4 is 0 Å². The fourth-order valence-corrected chi connectivity index (χ4v) is 9.97. The second-order valence-corrected chi connectivity index (χ2v) is 10.3. The van der Waals surface area contributed by atoms with Crippen molar-refractivity contribution in [1.82, 2.24) is 0 Å². The number of carbonyl (C=O) groups is 1. The van der Waals surface area contributed by atoms with Crippen LogP contribution in [0.2, 0.25) is 0 Å². The van der Waals surface area contributed by atoms with Gasteiger partial charge >= 0.3 is 113 Å². The van der Waals surface area contributed by atoms with Gasteiger partial charge in [-0.15, -0.1) is 0 Å². The van der Waals surface area contributed by atoms with Gasteiger partial charge in [-0.25, -0.2) is 0 Å². The van der Waals surface area contributed by atoms with E-state index < -0.39 is 0 Å². The average molecular weight is 354 g/mol. The summed E-state index contributed by atoms with van der Waals surface area (Å²) >= 11 is 1.23. The molecule has 2 aliphatic rings.